The zero-order valence-electron chi connectivity index (χ0n) is 18.8. The maximum atomic E-state index is 8.88. The van der Waals surface area contributed by atoms with Crippen LogP contribution >= 0.6 is 46.9 Å². The predicted octanol–water partition coefficient (Wildman–Crippen LogP) is -8.62. The van der Waals surface area contributed by atoms with Crippen molar-refractivity contribution in [2.75, 3.05) is 0 Å². The molecule has 0 atom stereocenters. The monoisotopic (exact) mass is 908 g/mol. The van der Waals surface area contributed by atoms with Gasteiger partial charge in [0.15, 0.2) is 0 Å². The molecule has 0 rings (SSSR count). The standard InChI is InChI=1S/8Ca.6H3O4P/c;;;;;;;;6*1-5(2,3)4/h;;;;;;;;6*(H3,1,2,3,4)/q8*+2;;;;;;. The van der Waals surface area contributed by atoms with Crippen molar-refractivity contribution in [2.45, 2.75) is 0 Å². The first-order valence-corrected chi connectivity index (χ1v) is 14.1. The molecule has 38 heavy (non-hydrogen) atoms. The fraction of sp³-hybridized carbons (Fsp3) is 0. The summed E-state index contributed by atoms with van der Waals surface area (Å²) in [5, 5.41) is 0. The Morgan fingerprint density at radius 1 is 0.184 bits per heavy atom. The Morgan fingerprint density at radius 3 is 0.184 bits per heavy atom. The van der Waals surface area contributed by atoms with Crippen LogP contribution in [0.15, 0.2) is 0 Å². The molecule has 0 heterocycles. The third-order valence-corrected chi connectivity index (χ3v) is 0. The van der Waals surface area contributed by atoms with Crippen LogP contribution in [0.3, 0.4) is 0 Å². The molecule has 38 heteroatoms. The number of phosphoric acid groups is 6. The van der Waals surface area contributed by atoms with Crippen molar-refractivity contribution < 1.29 is 115 Å². The van der Waals surface area contributed by atoms with Crippen LogP contribution in [-0.4, -0.2) is 390 Å². The molecule has 0 saturated heterocycles. The van der Waals surface area contributed by atoms with E-state index in [-0.39, 0.29) is 302 Å². The zero-order chi connectivity index (χ0) is 27.0. The molecule has 0 spiro atoms. The van der Waals surface area contributed by atoms with Gasteiger partial charge in [0.25, 0.3) is 0 Å². The van der Waals surface area contributed by atoms with E-state index in [0.717, 1.165) is 0 Å². The molecule has 0 unspecified atom stereocenters. The quantitative estimate of drug-likeness (QED) is 0.0792. The molecule has 0 aromatic rings. The molecule has 0 aromatic carbocycles. The largest absolute Gasteiger partial charge is 2.00 e. The second-order valence-electron chi connectivity index (χ2n) is 3.08. The summed E-state index contributed by atoms with van der Waals surface area (Å²) in [5.41, 5.74) is 0. The normalized spacial score (nSPS) is 9.32. The van der Waals surface area contributed by atoms with E-state index in [2.05, 4.69) is 0 Å². The minimum absolute atomic E-state index is 0. The van der Waals surface area contributed by atoms with Gasteiger partial charge in [-0.1, -0.05) is 0 Å². The fourth-order valence-corrected chi connectivity index (χ4v) is 0. The molecule has 0 saturated carbocycles. The van der Waals surface area contributed by atoms with Gasteiger partial charge in [-0.25, -0.2) is 27.4 Å². The van der Waals surface area contributed by atoms with Gasteiger partial charge in [0.1, 0.15) is 0 Å². The predicted molar refractivity (Wildman–Crippen MR) is 132 cm³/mol. The van der Waals surface area contributed by atoms with Gasteiger partial charge in [0.05, 0.1) is 0 Å². The molecule has 0 fully saturated rings. The van der Waals surface area contributed by atoms with Gasteiger partial charge in [-0.3, -0.25) is 0 Å². The topological polar surface area (TPSA) is 467 Å². The van der Waals surface area contributed by atoms with Crippen LogP contribution in [0.25, 0.3) is 0 Å². The summed E-state index contributed by atoms with van der Waals surface area (Å²) in [6.45, 7) is 0. The number of rotatable bonds is 0. The Kier molecular flexibility index (Phi) is 116. The average molecular weight is 909 g/mol. The van der Waals surface area contributed by atoms with Gasteiger partial charge in [-0.05, 0) is 0 Å². The Hall–Kier alpha value is 10.7. The van der Waals surface area contributed by atoms with Crippen LogP contribution in [0.5, 0.6) is 0 Å². The van der Waals surface area contributed by atoms with Gasteiger partial charge in [0.2, 0.25) is 0 Å². The summed E-state index contributed by atoms with van der Waals surface area (Å²) in [6, 6.07) is 0. The third kappa shape index (κ3) is 848. The molecule has 0 aliphatic carbocycles. The van der Waals surface area contributed by atoms with Crippen LogP contribution in [0.2, 0.25) is 0 Å². The molecule has 24 nitrogen and oxygen atoms in total. The van der Waals surface area contributed by atoms with Gasteiger partial charge in [0, 0.05) is 0 Å². The third-order valence-electron chi connectivity index (χ3n) is 0. The Labute approximate surface area is 452 Å². The zero-order valence-corrected chi connectivity index (χ0v) is 41.9. The van der Waals surface area contributed by atoms with Crippen molar-refractivity contribution in [3.05, 3.63) is 0 Å². The van der Waals surface area contributed by atoms with Gasteiger partial charge < -0.3 is 88.1 Å². The molecule has 0 aliphatic heterocycles. The molecule has 192 valence electrons. The number of hydrogen-bond donors (Lipinski definition) is 18. The van der Waals surface area contributed by atoms with Crippen LogP contribution in [0.4, 0.5) is 0 Å². The maximum absolute atomic E-state index is 8.88. The SMILES string of the molecule is O=P(O)(O)O.O=P(O)(O)O.O=P(O)(O)O.O=P(O)(O)O.O=P(O)(O)O.O=P(O)(O)O.[Ca+2].[Ca+2].[Ca+2].[Ca+2].[Ca+2].[Ca+2].[Ca+2].[Ca+2]. The number of hydrogen-bond acceptors (Lipinski definition) is 6. The van der Waals surface area contributed by atoms with Crippen molar-refractivity contribution in [2.24, 2.45) is 0 Å². The van der Waals surface area contributed by atoms with Gasteiger partial charge in [-0.2, -0.15) is 0 Å². The molecule has 0 radical (unpaired) electrons. The van der Waals surface area contributed by atoms with Crippen molar-refractivity contribution in [1.82, 2.24) is 0 Å². The van der Waals surface area contributed by atoms with Crippen molar-refractivity contribution in [1.29, 1.82) is 0 Å². The van der Waals surface area contributed by atoms with Gasteiger partial charge >= 0.3 is 349 Å². The first-order chi connectivity index (χ1) is 12.0. The molecular formula is H18Ca8O24P6+16. The van der Waals surface area contributed by atoms with Crippen molar-refractivity contribution in [3.8, 4) is 0 Å². The summed E-state index contributed by atoms with van der Waals surface area (Å²) in [4.78, 5) is 129. The minimum Gasteiger partial charge on any atom is -0.303 e. The van der Waals surface area contributed by atoms with E-state index < -0.39 is 46.9 Å². The average Bonchev–Trinajstić information content (AvgIpc) is 1.94. The van der Waals surface area contributed by atoms with E-state index in [1.54, 1.807) is 0 Å². The summed E-state index contributed by atoms with van der Waals surface area (Å²) in [7, 11) is -27.8. The van der Waals surface area contributed by atoms with Crippen molar-refractivity contribution in [3.63, 3.8) is 0 Å². The summed E-state index contributed by atoms with van der Waals surface area (Å²) < 4.78 is 53.3. The van der Waals surface area contributed by atoms with Crippen LogP contribution in [0, 0.1) is 0 Å². The van der Waals surface area contributed by atoms with E-state index >= 15 is 0 Å². The molecule has 0 aliphatic rings. The molecule has 18 N–H and O–H groups in total. The Balaban J connectivity index is -0.0000000145. The second-order valence-corrected chi connectivity index (χ2v) is 9.24. The summed E-state index contributed by atoms with van der Waals surface area (Å²) in [5.74, 6) is 0. The summed E-state index contributed by atoms with van der Waals surface area (Å²) >= 11 is 0. The smallest absolute Gasteiger partial charge is 0.303 e. The molecular weight excluding hydrogens is 890 g/mol. The first-order valence-electron chi connectivity index (χ1n) is 4.70. The maximum Gasteiger partial charge on any atom is 2.00 e. The van der Waals surface area contributed by atoms with Crippen LogP contribution in [-0.2, 0) is 27.4 Å². The summed E-state index contributed by atoms with van der Waals surface area (Å²) in [6.07, 6.45) is 0. The van der Waals surface area contributed by atoms with E-state index in [4.69, 9.17) is 115 Å². The first kappa shape index (κ1) is 92.0. The van der Waals surface area contributed by atoms with E-state index in [0.29, 0.717) is 0 Å². The van der Waals surface area contributed by atoms with Gasteiger partial charge in [-0.15, -0.1) is 0 Å². The fourth-order valence-electron chi connectivity index (χ4n) is 0. The van der Waals surface area contributed by atoms with E-state index in [1.807, 2.05) is 0 Å². The van der Waals surface area contributed by atoms with E-state index in [9.17, 15) is 0 Å². The molecule has 0 aromatic heterocycles. The van der Waals surface area contributed by atoms with E-state index in [1.165, 1.54) is 0 Å². The van der Waals surface area contributed by atoms with Crippen molar-refractivity contribution >= 4 is 349 Å². The Morgan fingerprint density at radius 2 is 0.184 bits per heavy atom. The van der Waals surface area contributed by atoms with Crippen LogP contribution in [0.1, 0.15) is 0 Å². The van der Waals surface area contributed by atoms with Crippen LogP contribution < -0.4 is 0 Å². The Bertz CT molecular complexity index is 482. The minimum atomic E-state index is -4.64. The second kappa shape index (κ2) is 47.7. The molecule has 0 bridgehead atoms. The molecule has 0 amide bonds.